The van der Waals surface area contributed by atoms with Gasteiger partial charge in [0.15, 0.2) is 6.61 Å². The number of imidazole rings is 1. The molecule has 1 aromatic heterocycles. The molecule has 1 fully saturated rings. The number of rotatable bonds is 9. The van der Waals surface area contributed by atoms with Gasteiger partial charge >= 0.3 is 18.1 Å². The van der Waals surface area contributed by atoms with E-state index < -0.39 is 24.7 Å². The largest absolute Gasteiger partial charge is 0.482 e. The average molecular weight is 724 g/mol. The lowest BCUT2D eigenvalue weighted by molar-refractivity contribution is -0.167. The van der Waals surface area contributed by atoms with Crippen LogP contribution in [-0.2, 0) is 28.0 Å². The zero-order valence-corrected chi connectivity index (χ0v) is 30.4. The molecule has 1 saturated carbocycles. The second-order valence-corrected chi connectivity index (χ2v) is 15.5. The van der Waals surface area contributed by atoms with Crippen LogP contribution in [0, 0.1) is 11.3 Å². The molecule has 7 rings (SSSR count). The number of ether oxygens (including phenoxy) is 1. The fourth-order valence-electron chi connectivity index (χ4n) is 9.10. The number of benzene rings is 4. The van der Waals surface area contributed by atoms with E-state index in [1.165, 1.54) is 34.9 Å². The molecule has 1 amide bonds. The molecule has 7 nitrogen and oxygen atoms in total. The Morgan fingerprint density at radius 2 is 1.75 bits per heavy atom. The second kappa shape index (κ2) is 13.7. The minimum absolute atomic E-state index is 0.0659. The molecule has 0 saturated heterocycles. The third-order valence-corrected chi connectivity index (χ3v) is 11.6. The summed E-state index contributed by atoms with van der Waals surface area (Å²) < 4.78 is 48.4. The molecule has 2 aliphatic rings. The Balaban J connectivity index is 1.38. The van der Waals surface area contributed by atoms with Gasteiger partial charge < -0.3 is 19.7 Å². The molecule has 0 aliphatic heterocycles. The number of aryl methyl sites for hydroxylation is 1. The molecule has 10 heteroatoms. The molecule has 4 aromatic carbocycles. The minimum Gasteiger partial charge on any atom is -0.482 e. The van der Waals surface area contributed by atoms with Crippen molar-refractivity contribution in [3.63, 3.8) is 0 Å². The van der Waals surface area contributed by atoms with E-state index in [1.807, 2.05) is 53.8 Å². The molecule has 276 valence electrons. The Labute approximate surface area is 307 Å². The van der Waals surface area contributed by atoms with E-state index in [-0.39, 0.29) is 27.8 Å². The molecule has 2 N–H and O–H groups in total. The SMILES string of the molecule is CC(C)c1ccc2c(c1)CC[C@H]1[C@](C)(Cn3c(-c4cc(OCC(=O)O)ccc4NC(=O)C(F)(F)F)nc4cc(-c5ccccc5)ccc43)CCC[C@]21C. The van der Waals surface area contributed by atoms with Crippen molar-refractivity contribution in [2.45, 2.75) is 83.9 Å². The van der Waals surface area contributed by atoms with Gasteiger partial charge in [0.2, 0.25) is 0 Å². The summed E-state index contributed by atoms with van der Waals surface area (Å²) in [5, 5.41) is 11.3. The molecule has 53 heavy (non-hydrogen) atoms. The predicted molar refractivity (Wildman–Crippen MR) is 200 cm³/mol. The quantitative estimate of drug-likeness (QED) is 0.158. The number of nitrogens with zero attached hydrogens (tertiary/aromatic N) is 2. The van der Waals surface area contributed by atoms with E-state index in [0.717, 1.165) is 48.7 Å². The zero-order chi connectivity index (χ0) is 37.7. The van der Waals surface area contributed by atoms with Crippen molar-refractivity contribution >= 4 is 28.6 Å². The number of aliphatic carboxylic acids is 1. The first-order chi connectivity index (χ1) is 25.2. The van der Waals surface area contributed by atoms with Gasteiger partial charge in [-0.1, -0.05) is 88.7 Å². The number of carboxylic acid groups (broad SMARTS) is 1. The highest BCUT2D eigenvalue weighted by Gasteiger charge is 2.52. The number of carbonyl (C=O) groups excluding carboxylic acids is 1. The van der Waals surface area contributed by atoms with Crippen molar-refractivity contribution < 1.29 is 32.6 Å². The highest BCUT2D eigenvalue weighted by molar-refractivity contribution is 5.99. The van der Waals surface area contributed by atoms with Crippen molar-refractivity contribution in [3.05, 3.63) is 102 Å². The van der Waals surface area contributed by atoms with E-state index in [0.29, 0.717) is 29.7 Å². The summed E-state index contributed by atoms with van der Waals surface area (Å²) in [6.07, 6.45) is -0.120. The van der Waals surface area contributed by atoms with Crippen LogP contribution in [-0.4, -0.2) is 39.3 Å². The maximum absolute atomic E-state index is 13.6. The highest BCUT2D eigenvalue weighted by Crippen LogP contribution is 2.58. The number of carbonyl (C=O) groups is 2. The predicted octanol–water partition coefficient (Wildman–Crippen LogP) is 10.2. The average Bonchev–Trinajstić information content (AvgIpc) is 3.47. The lowest BCUT2D eigenvalue weighted by Crippen LogP contribution is -2.50. The third-order valence-electron chi connectivity index (χ3n) is 11.6. The van der Waals surface area contributed by atoms with Gasteiger partial charge in [-0.25, -0.2) is 9.78 Å². The van der Waals surface area contributed by atoms with Crippen molar-refractivity contribution in [1.82, 2.24) is 9.55 Å². The minimum atomic E-state index is -5.13. The van der Waals surface area contributed by atoms with Crippen LogP contribution < -0.4 is 10.1 Å². The monoisotopic (exact) mass is 723 g/mol. The highest BCUT2D eigenvalue weighted by atomic mass is 19.4. The second-order valence-electron chi connectivity index (χ2n) is 15.5. The standard InChI is InChI=1S/C43H44F3N3O4/c1-26(2)28-11-15-33-30(21-28)13-18-37-41(3,19-8-20-42(33,37)4)25-49-36-17-12-29(27-9-6-5-7-10-27)22-35(36)47-39(49)32-23-31(53-24-38(50)51)14-16-34(32)48-40(52)43(44,45)46/h5-7,9-12,14-17,21-23,26,37H,8,13,18-20,24-25H2,1-4H3,(H,48,52)(H,50,51)/t37-,41-,42+/m0/s1. The van der Waals surface area contributed by atoms with Crippen LogP contribution >= 0.6 is 0 Å². The molecular weight excluding hydrogens is 679 g/mol. The van der Waals surface area contributed by atoms with Gasteiger partial charge in [0.1, 0.15) is 11.6 Å². The summed E-state index contributed by atoms with van der Waals surface area (Å²) in [6, 6.07) is 26.9. The lowest BCUT2D eigenvalue weighted by atomic mass is 9.49. The van der Waals surface area contributed by atoms with Crippen LogP contribution in [0.25, 0.3) is 33.5 Å². The maximum Gasteiger partial charge on any atom is 0.471 e. The molecule has 0 bridgehead atoms. The van der Waals surface area contributed by atoms with E-state index in [9.17, 15) is 27.9 Å². The van der Waals surface area contributed by atoms with Gasteiger partial charge in [0, 0.05) is 12.1 Å². The van der Waals surface area contributed by atoms with Crippen molar-refractivity contribution in [3.8, 4) is 28.3 Å². The molecule has 0 radical (unpaired) electrons. The molecule has 5 aromatic rings. The number of halogens is 3. The van der Waals surface area contributed by atoms with E-state index in [2.05, 4.69) is 50.5 Å². The van der Waals surface area contributed by atoms with Gasteiger partial charge in [-0.15, -0.1) is 0 Å². The first-order valence-corrected chi connectivity index (χ1v) is 18.2. The summed E-state index contributed by atoms with van der Waals surface area (Å²) in [7, 11) is 0. The van der Waals surface area contributed by atoms with Gasteiger partial charge in [-0.3, -0.25) is 4.79 Å². The maximum atomic E-state index is 13.6. The molecular formula is C43H44F3N3O4. The topological polar surface area (TPSA) is 93.5 Å². The Kier molecular flexibility index (Phi) is 9.37. The van der Waals surface area contributed by atoms with Crippen molar-refractivity contribution in [2.75, 3.05) is 11.9 Å². The van der Waals surface area contributed by atoms with Crippen LogP contribution in [0.2, 0.25) is 0 Å². The normalized spacial score (nSPS) is 21.2. The Bertz CT molecular complexity index is 2190. The van der Waals surface area contributed by atoms with Gasteiger partial charge in [-0.2, -0.15) is 13.2 Å². The summed E-state index contributed by atoms with van der Waals surface area (Å²) >= 11 is 0. The Hall–Kier alpha value is -5.12. The van der Waals surface area contributed by atoms with Crippen LogP contribution in [0.1, 0.15) is 76.0 Å². The van der Waals surface area contributed by atoms with Gasteiger partial charge in [0.25, 0.3) is 0 Å². The summed E-state index contributed by atoms with van der Waals surface area (Å²) in [5.74, 6) is -2.10. The first-order valence-electron chi connectivity index (χ1n) is 18.2. The van der Waals surface area contributed by atoms with Crippen LogP contribution in [0.4, 0.5) is 18.9 Å². The summed E-state index contributed by atoms with van der Waals surface area (Å²) in [4.78, 5) is 28.8. The zero-order valence-electron chi connectivity index (χ0n) is 30.4. The number of hydrogen-bond acceptors (Lipinski definition) is 4. The molecule has 0 spiro atoms. The van der Waals surface area contributed by atoms with Gasteiger partial charge in [-0.05, 0) is 106 Å². The molecule has 1 heterocycles. The van der Waals surface area contributed by atoms with E-state index in [1.54, 1.807) is 0 Å². The fraction of sp³-hybridized carbons (Fsp3) is 0.372. The first kappa shape index (κ1) is 36.2. The fourth-order valence-corrected chi connectivity index (χ4v) is 9.10. The summed E-state index contributed by atoms with van der Waals surface area (Å²) in [6.45, 7) is 9.04. The number of fused-ring (bicyclic) bond motifs is 4. The van der Waals surface area contributed by atoms with Crippen molar-refractivity contribution in [1.29, 1.82) is 0 Å². The number of hydrogen-bond donors (Lipinski definition) is 2. The summed E-state index contributed by atoms with van der Waals surface area (Å²) in [5.41, 5.74) is 7.33. The smallest absolute Gasteiger partial charge is 0.471 e. The van der Waals surface area contributed by atoms with E-state index >= 15 is 0 Å². The number of nitrogens with one attached hydrogen (secondary N) is 1. The number of alkyl halides is 3. The lowest BCUT2D eigenvalue weighted by Gasteiger charge is -2.56. The van der Waals surface area contributed by atoms with E-state index in [4.69, 9.17) is 9.72 Å². The van der Waals surface area contributed by atoms with Crippen LogP contribution in [0.3, 0.4) is 0 Å². The van der Waals surface area contributed by atoms with Crippen molar-refractivity contribution in [2.24, 2.45) is 11.3 Å². The number of amides is 1. The van der Waals surface area contributed by atoms with Gasteiger partial charge in [0.05, 0.1) is 16.7 Å². The molecule has 0 unspecified atom stereocenters. The number of aromatic nitrogens is 2. The van der Waals surface area contributed by atoms with Crippen LogP contribution in [0.5, 0.6) is 5.75 Å². The molecule has 3 atom stereocenters. The Morgan fingerprint density at radius 3 is 2.47 bits per heavy atom. The third kappa shape index (κ3) is 6.91. The number of anilines is 1. The Morgan fingerprint density at radius 1 is 0.981 bits per heavy atom. The van der Waals surface area contributed by atoms with Crippen LogP contribution in [0.15, 0.2) is 84.9 Å². The number of carboxylic acids is 1. The molecule has 2 aliphatic carbocycles.